The highest BCUT2D eigenvalue weighted by molar-refractivity contribution is 5.80. The van der Waals surface area contributed by atoms with Gasteiger partial charge in [0, 0.05) is 5.54 Å². The lowest BCUT2D eigenvalue weighted by molar-refractivity contribution is -0.130. The van der Waals surface area contributed by atoms with Gasteiger partial charge in [0.25, 0.3) is 0 Å². The van der Waals surface area contributed by atoms with E-state index in [1.165, 1.54) is 18.1 Å². The van der Waals surface area contributed by atoms with E-state index in [1.807, 2.05) is 26.0 Å². The van der Waals surface area contributed by atoms with Crippen LogP contribution < -0.4 is 5.32 Å². The van der Waals surface area contributed by atoms with Gasteiger partial charge in [-0.05, 0) is 45.2 Å². The number of hydrogen-bond donors (Lipinski definition) is 2. The molecule has 17 heavy (non-hydrogen) atoms. The van der Waals surface area contributed by atoms with Crippen molar-refractivity contribution in [1.29, 1.82) is 0 Å². The van der Waals surface area contributed by atoms with Crippen molar-refractivity contribution >= 4 is 5.91 Å². The quantitative estimate of drug-likeness (QED) is 0.836. The van der Waals surface area contributed by atoms with Crippen molar-refractivity contribution in [1.82, 2.24) is 5.32 Å². The summed E-state index contributed by atoms with van der Waals surface area (Å²) in [6, 6.07) is 8.11. The molecule has 3 heteroatoms. The minimum Gasteiger partial charge on any atom is -0.384 e. The fourth-order valence-electron chi connectivity index (χ4n) is 1.77. The minimum absolute atomic E-state index is 0.330. The number of rotatable bonds is 4. The molecular weight excluding hydrogens is 214 g/mol. The Morgan fingerprint density at radius 1 is 1.41 bits per heavy atom. The maximum atomic E-state index is 11.5. The lowest BCUT2D eigenvalue weighted by Crippen LogP contribution is -2.48. The van der Waals surface area contributed by atoms with Crippen molar-refractivity contribution in [3.05, 3.63) is 35.4 Å². The first-order chi connectivity index (χ1) is 7.82. The van der Waals surface area contributed by atoms with E-state index in [1.54, 1.807) is 0 Å². The lowest BCUT2D eigenvalue weighted by atomic mass is 9.92. The van der Waals surface area contributed by atoms with E-state index in [-0.39, 0.29) is 11.4 Å². The van der Waals surface area contributed by atoms with Gasteiger partial charge in [0.05, 0.1) is 0 Å². The molecule has 1 unspecified atom stereocenters. The summed E-state index contributed by atoms with van der Waals surface area (Å²) in [6.45, 7) is 7.44. The summed E-state index contributed by atoms with van der Waals surface area (Å²) in [5.74, 6) is -0.330. The summed E-state index contributed by atoms with van der Waals surface area (Å²) < 4.78 is 0. The zero-order chi connectivity index (χ0) is 13.1. The molecule has 3 nitrogen and oxygen atoms in total. The van der Waals surface area contributed by atoms with Crippen molar-refractivity contribution < 1.29 is 9.90 Å². The molecule has 1 aromatic rings. The number of carbonyl (C=O) groups excluding carboxylic acids is 1. The second-order valence-corrected chi connectivity index (χ2v) is 5.15. The topological polar surface area (TPSA) is 49.3 Å². The molecule has 94 valence electrons. The number of aliphatic hydroxyl groups is 1. The van der Waals surface area contributed by atoms with Gasteiger partial charge in [-0.2, -0.15) is 0 Å². The molecule has 0 saturated carbocycles. The number of nitrogens with one attached hydrogen (secondary N) is 1. The summed E-state index contributed by atoms with van der Waals surface area (Å²) in [4.78, 5) is 11.5. The van der Waals surface area contributed by atoms with E-state index >= 15 is 0 Å². The summed E-state index contributed by atoms with van der Waals surface area (Å²) in [7, 11) is 0. The Hall–Kier alpha value is -1.35. The van der Waals surface area contributed by atoms with Crippen molar-refractivity contribution in [2.45, 2.75) is 45.8 Å². The maximum Gasteiger partial charge on any atom is 0.248 e. The van der Waals surface area contributed by atoms with Crippen LogP contribution in [0.25, 0.3) is 0 Å². The lowest BCUT2D eigenvalue weighted by Gasteiger charge is -2.27. The van der Waals surface area contributed by atoms with E-state index < -0.39 is 6.10 Å². The van der Waals surface area contributed by atoms with Crippen LogP contribution in [0.5, 0.6) is 0 Å². The monoisotopic (exact) mass is 235 g/mol. The second-order valence-electron chi connectivity index (χ2n) is 5.15. The summed E-state index contributed by atoms with van der Waals surface area (Å²) >= 11 is 0. The first kappa shape index (κ1) is 13.7. The first-order valence-electron chi connectivity index (χ1n) is 5.86. The minimum atomic E-state index is -0.967. The van der Waals surface area contributed by atoms with Crippen LogP contribution >= 0.6 is 0 Å². The molecule has 2 N–H and O–H groups in total. The summed E-state index contributed by atoms with van der Waals surface area (Å²) in [5, 5.41) is 12.0. The SMILES string of the molecule is Cc1ccccc1CC(C)(C)NC(=O)C(C)O. The third kappa shape index (κ3) is 4.19. The molecule has 0 aliphatic rings. The standard InChI is InChI=1S/C14H21NO2/c1-10-7-5-6-8-12(10)9-14(3,4)15-13(17)11(2)16/h5-8,11,16H,9H2,1-4H3,(H,15,17). The number of amides is 1. The average molecular weight is 235 g/mol. The fraction of sp³-hybridized carbons (Fsp3) is 0.500. The highest BCUT2D eigenvalue weighted by Crippen LogP contribution is 2.16. The van der Waals surface area contributed by atoms with Crippen LogP contribution in [-0.2, 0) is 11.2 Å². The predicted octanol–water partition coefficient (Wildman–Crippen LogP) is 1.81. The van der Waals surface area contributed by atoms with E-state index in [0.717, 1.165) is 6.42 Å². The molecule has 0 bridgehead atoms. The molecule has 0 aliphatic heterocycles. The molecule has 1 amide bonds. The zero-order valence-corrected chi connectivity index (χ0v) is 10.9. The van der Waals surface area contributed by atoms with Crippen LogP contribution in [0.15, 0.2) is 24.3 Å². The Kier molecular flexibility index (Phi) is 4.29. The number of hydrogen-bond acceptors (Lipinski definition) is 2. The first-order valence-corrected chi connectivity index (χ1v) is 5.86. The van der Waals surface area contributed by atoms with Gasteiger partial charge in [-0.3, -0.25) is 4.79 Å². The largest absolute Gasteiger partial charge is 0.384 e. The number of aliphatic hydroxyl groups excluding tert-OH is 1. The Morgan fingerprint density at radius 2 is 2.00 bits per heavy atom. The van der Waals surface area contributed by atoms with Crippen LogP contribution in [0.3, 0.4) is 0 Å². The van der Waals surface area contributed by atoms with Gasteiger partial charge in [-0.25, -0.2) is 0 Å². The number of carbonyl (C=O) groups is 1. The predicted molar refractivity (Wildman–Crippen MR) is 68.8 cm³/mol. The van der Waals surface area contributed by atoms with Gasteiger partial charge < -0.3 is 10.4 Å². The zero-order valence-electron chi connectivity index (χ0n) is 10.9. The van der Waals surface area contributed by atoms with Gasteiger partial charge >= 0.3 is 0 Å². The molecule has 0 saturated heterocycles. The molecule has 0 fully saturated rings. The van der Waals surface area contributed by atoms with Gasteiger partial charge in [0.1, 0.15) is 6.10 Å². The van der Waals surface area contributed by atoms with Crippen molar-refractivity contribution in [3.63, 3.8) is 0 Å². The van der Waals surface area contributed by atoms with E-state index in [2.05, 4.69) is 24.4 Å². The van der Waals surface area contributed by atoms with Gasteiger partial charge in [0.2, 0.25) is 5.91 Å². The van der Waals surface area contributed by atoms with Crippen molar-refractivity contribution in [3.8, 4) is 0 Å². The Morgan fingerprint density at radius 3 is 2.53 bits per heavy atom. The normalized spacial score (nSPS) is 13.2. The molecule has 1 atom stereocenters. The molecule has 0 radical (unpaired) electrons. The third-order valence-corrected chi connectivity index (χ3v) is 2.73. The molecule has 1 rings (SSSR count). The van der Waals surface area contributed by atoms with Gasteiger partial charge in [0.15, 0.2) is 0 Å². The van der Waals surface area contributed by atoms with Crippen LogP contribution in [0, 0.1) is 6.92 Å². The summed E-state index contributed by atoms with van der Waals surface area (Å²) in [5.41, 5.74) is 2.07. The van der Waals surface area contributed by atoms with E-state index in [9.17, 15) is 9.90 Å². The highest BCUT2D eigenvalue weighted by Gasteiger charge is 2.23. The van der Waals surface area contributed by atoms with Gasteiger partial charge in [-0.1, -0.05) is 24.3 Å². The molecule has 1 aromatic carbocycles. The smallest absolute Gasteiger partial charge is 0.248 e. The summed E-state index contributed by atoms with van der Waals surface area (Å²) in [6.07, 6.45) is -0.218. The Bertz CT molecular complexity index is 397. The van der Waals surface area contributed by atoms with Crippen molar-refractivity contribution in [2.75, 3.05) is 0 Å². The van der Waals surface area contributed by atoms with E-state index in [0.29, 0.717) is 0 Å². The van der Waals surface area contributed by atoms with Crippen molar-refractivity contribution in [2.24, 2.45) is 0 Å². The number of benzene rings is 1. The maximum absolute atomic E-state index is 11.5. The Balaban J connectivity index is 2.73. The van der Waals surface area contributed by atoms with Gasteiger partial charge in [-0.15, -0.1) is 0 Å². The Labute approximate surface area is 103 Å². The molecule has 0 aliphatic carbocycles. The van der Waals surface area contributed by atoms with Crippen LogP contribution in [0.2, 0.25) is 0 Å². The molecule has 0 aromatic heterocycles. The second kappa shape index (κ2) is 5.32. The third-order valence-electron chi connectivity index (χ3n) is 2.73. The van der Waals surface area contributed by atoms with Crippen LogP contribution in [0.4, 0.5) is 0 Å². The van der Waals surface area contributed by atoms with Crippen LogP contribution in [0.1, 0.15) is 31.9 Å². The molecular formula is C14H21NO2. The average Bonchev–Trinajstić information content (AvgIpc) is 2.20. The van der Waals surface area contributed by atoms with Crippen LogP contribution in [-0.4, -0.2) is 22.7 Å². The molecule has 0 spiro atoms. The molecule has 0 heterocycles. The number of aryl methyl sites for hydroxylation is 1. The fourth-order valence-corrected chi connectivity index (χ4v) is 1.77. The highest BCUT2D eigenvalue weighted by atomic mass is 16.3. The van der Waals surface area contributed by atoms with E-state index in [4.69, 9.17) is 0 Å².